The third kappa shape index (κ3) is 4.38. The zero-order valence-electron chi connectivity index (χ0n) is 20.3. The van der Waals surface area contributed by atoms with Crippen molar-refractivity contribution in [2.45, 2.75) is 36.9 Å². The lowest BCUT2D eigenvalue weighted by Gasteiger charge is -2.42. The number of nitrogens with one attached hydrogen (secondary N) is 1. The lowest BCUT2D eigenvalue weighted by atomic mass is 10.1. The summed E-state index contributed by atoms with van der Waals surface area (Å²) in [5, 5.41) is 2.58. The van der Waals surface area contributed by atoms with Crippen molar-refractivity contribution in [3.63, 3.8) is 0 Å². The first kappa shape index (κ1) is 24.7. The number of hydrogen-bond acceptors (Lipinski definition) is 7. The molecule has 2 saturated carbocycles. The second-order valence-corrected chi connectivity index (χ2v) is 10.4. The fourth-order valence-electron chi connectivity index (χ4n) is 4.80. The minimum Gasteiger partial charge on any atom is -0.489 e. The van der Waals surface area contributed by atoms with Gasteiger partial charge in [-0.15, -0.1) is 0 Å². The van der Waals surface area contributed by atoms with E-state index in [9.17, 15) is 9.18 Å². The van der Waals surface area contributed by atoms with Gasteiger partial charge in [0.2, 0.25) is 5.91 Å². The van der Waals surface area contributed by atoms with Crippen LogP contribution in [0.2, 0.25) is 5.02 Å². The molecule has 1 spiro atoms. The normalized spacial score (nSPS) is 18.9. The summed E-state index contributed by atoms with van der Waals surface area (Å²) in [4.78, 5) is 28.7. The molecule has 2 aliphatic carbocycles. The number of aromatic nitrogens is 3. The molecule has 0 unspecified atom stereocenters. The number of pyridine rings is 1. The number of halogens is 4. The molecule has 0 bridgehead atoms. The van der Waals surface area contributed by atoms with Crippen LogP contribution in [0.4, 0.5) is 30.5 Å². The van der Waals surface area contributed by atoms with Gasteiger partial charge in [0.1, 0.15) is 34.9 Å². The van der Waals surface area contributed by atoms with Gasteiger partial charge < -0.3 is 19.9 Å². The Hall–Kier alpha value is -3.60. The third-order valence-electron chi connectivity index (χ3n) is 7.34. The van der Waals surface area contributed by atoms with E-state index in [1.54, 1.807) is 4.90 Å². The highest BCUT2D eigenvalue weighted by Crippen LogP contribution is 2.45. The summed E-state index contributed by atoms with van der Waals surface area (Å²) in [6.07, 6.45) is 4.98. The van der Waals surface area contributed by atoms with Crippen LogP contribution in [0.15, 0.2) is 37.2 Å². The molecule has 0 atom stereocenters. The number of amides is 1. The number of carbonyl (C=O) groups is 1. The van der Waals surface area contributed by atoms with Crippen molar-refractivity contribution in [2.75, 3.05) is 36.5 Å². The largest absolute Gasteiger partial charge is 0.489 e. The third-order valence-corrected chi connectivity index (χ3v) is 7.69. The van der Waals surface area contributed by atoms with E-state index >= 15 is 8.78 Å². The van der Waals surface area contributed by atoms with E-state index in [1.807, 2.05) is 4.90 Å². The number of ether oxygens (including phenoxy) is 1. The minimum absolute atomic E-state index is 0.00936. The highest BCUT2D eigenvalue weighted by atomic mass is 35.5. The van der Waals surface area contributed by atoms with Gasteiger partial charge in [0.25, 0.3) is 0 Å². The summed E-state index contributed by atoms with van der Waals surface area (Å²) in [7, 11) is 0. The number of fused-ring (bicyclic) bond motifs is 1. The highest BCUT2D eigenvalue weighted by molar-refractivity contribution is 6.32. The summed E-state index contributed by atoms with van der Waals surface area (Å²) >= 11 is 6.16. The van der Waals surface area contributed by atoms with E-state index in [0.717, 1.165) is 12.8 Å². The maximum atomic E-state index is 15.2. The van der Waals surface area contributed by atoms with Gasteiger partial charge in [-0.3, -0.25) is 4.79 Å². The average molecular weight is 545 g/mol. The fourth-order valence-corrected chi connectivity index (χ4v) is 5.02. The van der Waals surface area contributed by atoms with E-state index in [4.69, 9.17) is 16.3 Å². The number of hydrogen-bond donors (Lipinski definition) is 1. The zero-order valence-corrected chi connectivity index (χ0v) is 21.1. The summed E-state index contributed by atoms with van der Waals surface area (Å²) in [6, 6.07) is 4.11. The van der Waals surface area contributed by atoms with Crippen molar-refractivity contribution in [3.05, 3.63) is 53.8 Å². The number of rotatable bonds is 7. The molecule has 2 aromatic heterocycles. The number of anilines is 3. The molecule has 1 N–H and O–H groups in total. The molecule has 1 amide bonds. The molecule has 38 heavy (non-hydrogen) atoms. The molecule has 1 aromatic carbocycles. The van der Waals surface area contributed by atoms with Crippen LogP contribution in [0.3, 0.4) is 0 Å². The maximum Gasteiger partial charge on any atom is 0.246 e. The van der Waals surface area contributed by atoms with E-state index in [1.165, 1.54) is 30.6 Å². The van der Waals surface area contributed by atoms with Crippen LogP contribution in [-0.4, -0.2) is 63.2 Å². The Balaban J connectivity index is 1.28. The number of nitrogens with zero attached hydrogens (tertiary/aromatic N) is 5. The lowest BCUT2D eigenvalue weighted by molar-refractivity contribution is -0.129. The molecular weight excluding hydrogens is 521 g/mol. The lowest BCUT2D eigenvalue weighted by Crippen LogP contribution is -2.57. The van der Waals surface area contributed by atoms with Crippen molar-refractivity contribution in [3.8, 4) is 5.75 Å². The van der Waals surface area contributed by atoms with E-state index in [2.05, 4.69) is 26.8 Å². The van der Waals surface area contributed by atoms with Gasteiger partial charge >= 0.3 is 0 Å². The highest BCUT2D eigenvalue weighted by Gasteiger charge is 2.53. The van der Waals surface area contributed by atoms with Gasteiger partial charge in [0.05, 0.1) is 16.7 Å². The average Bonchev–Trinajstić information content (AvgIpc) is 3.84. The molecule has 1 saturated heterocycles. The molecule has 8 nitrogen and oxygen atoms in total. The van der Waals surface area contributed by atoms with Crippen LogP contribution in [0.25, 0.3) is 11.0 Å². The summed E-state index contributed by atoms with van der Waals surface area (Å²) in [5.41, 5.74) is -1.27. The van der Waals surface area contributed by atoms with E-state index < -0.39 is 17.3 Å². The number of benzene rings is 1. The van der Waals surface area contributed by atoms with Crippen LogP contribution in [0.1, 0.15) is 25.7 Å². The van der Waals surface area contributed by atoms with Crippen molar-refractivity contribution in [2.24, 2.45) is 0 Å². The molecule has 3 aliphatic rings. The van der Waals surface area contributed by atoms with E-state index in [0.29, 0.717) is 32.5 Å². The SMILES string of the molecule is C=CC(=O)N1CCN(c2nc3c(Nc4ccc(OCC5(F)CC5)c(Cl)c4F)ncnc3cc2F)CC12CC2. The van der Waals surface area contributed by atoms with Crippen molar-refractivity contribution in [1.29, 1.82) is 0 Å². The van der Waals surface area contributed by atoms with Gasteiger partial charge in [0.15, 0.2) is 23.3 Å². The van der Waals surface area contributed by atoms with Crippen molar-refractivity contribution < 1.29 is 22.7 Å². The molecule has 12 heteroatoms. The van der Waals surface area contributed by atoms with Crippen LogP contribution < -0.4 is 15.0 Å². The summed E-state index contributed by atoms with van der Waals surface area (Å²) in [5.74, 6) is -1.20. The van der Waals surface area contributed by atoms with Crippen LogP contribution in [0.5, 0.6) is 5.75 Å². The molecule has 3 fully saturated rings. The first-order valence-corrected chi connectivity index (χ1v) is 12.7. The molecule has 6 rings (SSSR count). The smallest absolute Gasteiger partial charge is 0.246 e. The molecule has 3 aromatic rings. The zero-order chi connectivity index (χ0) is 26.7. The predicted molar refractivity (Wildman–Crippen MR) is 137 cm³/mol. The van der Waals surface area contributed by atoms with E-state index in [-0.39, 0.29) is 57.2 Å². The Labute approximate surface area is 221 Å². The number of alkyl halides is 1. The van der Waals surface area contributed by atoms with Gasteiger partial charge in [-0.2, -0.15) is 0 Å². The standard InChI is InChI=1S/C26H24ClF3N6O2/c1-2-19(37)36-10-9-35(12-26(36)7-8-26)24-15(28)11-17-22(34-24)23(32-14-31-17)33-16-3-4-18(20(27)21(16)29)38-13-25(30)5-6-25/h2-4,11,14H,1,5-10,12-13H2,(H,31,32,33). The summed E-state index contributed by atoms with van der Waals surface area (Å²) in [6.45, 7) is 4.63. The van der Waals surface area contributed by atoms with Crippen molar-refractivity contribution >= 4 is 45.9 Å². The molecular formula is C26H24ClF3N6O2. The maximum absolute atomic E-state index is 15.2. The monoisotopic (exact) mass is 544 g/mol. The fraction of sp³-hybridized carbons (Fsp3) is 0.385. The van der Waals surface area contributed by atoms with Gasteiger partial charge in [-0.25, -0.2) is 28.1 Å². The Morgan fingerprint density at radius 1 is 1.21 bits per heavy atom. The first-order valence-electron chi connectivity index (χ1n) is 12.3. The molecule has 198 valence electrons. The van der Waals surface area contributed by atoms with Gasteiger partial charge in [0, 0.05) is 25.7 Å². The van der Waals surface area contributed by atoms with Gasteiger partial charge in [-0.05, 0) is 43.9 Å². The van der Waals surface area contributed by atoms with Crippen LogP contribution >= 0.6 is 11.6 Å². The summed E-state index contributed by atoms with van der Waals surface area (Å²) < 4.78 is 49.6. The van der Waals surface area contributed by atoms with Crippen LogP contribution in [-0.2, 0) is 4.79 Å². The van der Waals surface area contributed by atoms with Gasteiger partial charge in [-0.1, -0.05) is 18.2 Å². The Morgan fingerprint density at radius 3 is 2.71 bits per heavy atom. The number of piperazine rings is 1. The Morgan fingerprint density at radius 2 is 2.00 bits per heavy atom. The first-order chi connectivity index (χ1) is 18.2. The second-order valence-electron chi connectivity index (χ2n) is 10.0. The Bertz CT molecular complexity index is 1460. The van der Waals surface area contributed by atoms with Crippen molar-refractivity contribution in [1.82, 2.24) is 19.9 Å². The predicted octanol–water partition coefficient (Wildman–Crippen LogP) is 4.95. The second kappa shape index (κ2) is 9.00. The molecule has 1 aliphatic heterocycles. The minimum atomic E-state index is -1.37. The Kier molecular flexibility index (Phi) is 5.86. The topological polar surface area (TPSA) is 83.5 Å². The molecule has 3 heterocycles. The van der Waals surface area contributed by atoms with Crippen LogP contribution in [0, 0.1) is 11.6 Å². The quantitative estimate of drug-likeness (QED) is 0.421. The number of carbonyl (C=O) groups excluding carboxylic acids is 1. The molecule has 0 radical (unpaired) electrons.